The standard InChI is InChI=1S/C25H27N3/c1-17-18(2)28-16-25(5,6)23-11-19(14-26)10-21(13-23)20-8-7-9-22(12-20)24(3,4)15-27-17/h7-13,15-16H,1-6H3. The molecule has 0 radical (unpaired) electrons. The first-order valence-corrected chi connectivity index (χ1v) is 9.57. The topological polar surface area (TPSA) is 48.5 Å². The third kappa shape index (κ3) is 3.97. The molecule has 2 aromatic carbocycles. The van der Waals surface area contributed by atoms with E-state index in [4.69, 9.17) is 4.99 Å². The number of rotatable bonds is 0. The lowest BCUT2D eigenvalue weighted by Crippen LogP contribution is -2.20. The third-order valence-corrected chi connectivity index (χ3v) is 5.43. The molecule has 1 heterocycles. The second-order valence-electron chi connectivity index (χ2n) is 8.62. The van der Waals surface area contributed by atoms with Gasteiger partial charge < -0.3 is 0 Å². The minimum atomic E-state index is -0.312. The lowest BCUT2D eigenvalue weighted by atomic mass is 9.81. The highest BCUT2D eigenvalue weighted by Gasteiger charge is 2.22. The molecule has 1 aliphatic heterocycles. The van der Waals surface area contributed by atoms with Crippen LogP contribution >= 0.6 is 0 Å². The van der Waals surface area contributed by atoms with Crippen molar-refractivity contribution in [3.8, 4) is 17.2 Å². The summed E-state index contributed by atoms with van der Waals surface area (Å²) in [4.78, 5) is 9.39. The molecule has 4 bridgehead atoms. The van der Waals surface area contributed by atoms with Gasteiger partial charge in [-0.2, -0.15) is 5.26 Å². The van der Waals surface area contributed by atoms with Crippen LogP contribution in [0.5, 0.6) is 0 Å². The second kappa shape index (κ2) is 7.20. The van der Waals surface area contributed by atoms with E-state index in [2.05, 4.69) is 69.1 Å². The Hall–Kier alpha value is -2.99. The van der Waals surface area contributed by atoms with Crippen LogP contribution < -0.4 is 0 Å². The molecule has 0 N–H and O–H groups in total. The van der Waals surface area contributed by atoms with Crippen molar-refractivity contribution in [2.45, 2.75) is 52.4 Å². The summed E-state index contributed by atoms with van der Waals surface area (Å²) in [7, 11) is 0. The van der Waals surface area contributed by atoms with Crippen molar-refractivity contribution in [1.82, 2.24) is 0 Å². The molecule has 0 saturated heterocycles. The third-order valence-electron chi connectivity index (χ3n) is 5.43. The largest absolute Gasteiger partial charge is 0.263 e. The van der Waals surface area contributed by atoms with Crippen molar-refractivity contribution >= 4 is 12.4 Å². The van der Waals surface area contributed by atoms with Gasteiger partial charge in [0, 0.05) is 23.3 Å². The van der Waals surface area contributed by atoms with Gasteiger partial charge in [-0.3, -0.25) is 9.98 Å². The molecule has 2 aromatic rings. The highest BCUT2D eigenvalue weighted by Crippen LogP contribution is 2.32. The molecule has 3 rings (SSSR count). The fraction of sp³-hybridized carbons (Fsp3) is 0.320. The Morgan fingerprint density at radius 1 is 0.750 bits per heavy atom. The number of nitrogens with zero attached hydrogens (tertiary/aromatic N) is 3. The van der Waals surface area contributed by atoms with Gasteiger partial charge in [0.2, 0.25) is 0 Å². The van der Waals surface area contributed by atoms with Crippen LogP contribution in [0.2, 0.25) is 0 Å². The maximum Gasteiger partial charge on any atom is 0.0991 e. The summed E-state index contributed by atoms with van der Waals surface area (Å²) in [5, 5.41) is 9.57. The van der Waals surface area contributed by atoms with Gasteiger partial charge in [0.15, 0.2) is 0 Å². The van der Waals surface area contributed by atoms with Crippen molar-refractivity contribution < 1.29 is 0 Å². The van der Waals surface area contributed by atoms with Gasteiger partial charge in [-0.1, -0.05) is 58.0 Å². The number of allylic oxidation sites excluding steroid dienone is 2. The predicted molar refractivity (Wildman–Crippen MR) is 118 cm³/mol. The molecule has 0 atom stereocenters. The highest BCUT2D eigenvalue weighted by atomic mass is 14.8. The molecule has 142 valence electrons. The van der Waals surface area contributed by atoms with Crippen LogP contribution in [0.15, 0.2) is 63.8 Å². The smallest absolute Gasteiger partial charge is 0.0991 e. The van der Waals surface area contributed by atoms with Crippen LogP contribution in [-0.2, 0) is 10.8 Å². The van der Waals surface area contributed by atoms with E-state index in [1.807, 2.05) is 38.4 Å². The zero-order chi connectivity index (χ0) is 20.5. The van der Waals surface area contributed by atoms with Crippen LogP contribution in [0, 0.1) is 11.3 Å². The van der Waals surface area contributed by atoms with Crippen LogP contribution in [0.25, 0.3) is 11.1 Å². The molecule has 28 heavy (non-hydrogen) atoms. The zero-order valence-corrected chi connectivity index (χ0v) is 17.5. The fourth-order valence-electron chi connectivity index (χ4n) is 3.18. The van der Waals surface area contributed by atoms with Gasteiger partial charge in [-0.25, -0.2) is 0 Å². The van der Waals surface area contributed by atoms with Gasteiger partial charge in [-0.15, -0.1) is 0 Å². The minimum Gasteiger partial charge on any atom is -0.263 e. The first-order valence-electron chi connectivity index (χ1n) is 9.57. The van der Waals surface area contributed by atoms with Gasteiger partial charge in [-0.05, 0) is 48.2 Å². The Morgan fingerprint density at radius 2 is 1.32 bits per heavy atom. The molecule has 0 amide bonds. The van der Waals surface area contributed by atoms with Crippen LogP contribution in [0.1, 0.15) is 58.2 Å². The molecular formula is C25H27N3. The first-order chi connectivity index (χ1) is 13.1. The fourth-order valence-corrected chi connectivity index (χ4v) is 3.18. The Kier molecular flexibility index (Phi) is 5.08. The number of hydrogen-bond acceptors (Lipinski definition) is 3. The van der Waals surface area contributed by atoms with E-state index in [1.165, 1.54) is 5.56 Å². The molecule has 0 saturated carbocycles. The van der Waals surface area contributed by atoms with Crippen LogP contribution in [-0.4, -0.2) is 12.4 Å². The molecule has 1 aliphatic rings. The van der Waals surface area contributed by atoms with E-state index >= 15 is 0 Å². The molecule has 3 heteroatoms. The van der Waals surface area contributed by atoms with Gasteiger partial charge in [0.25, 0.3) is 0 Å². The molecule has 0 aromatic heterocycles. The maximum absolute atomic E-state index is 9.57. The van der Waals surface area contributed by atoms with E-state index in [0.717, 1.165) is 28.1 Å². The van der Waals surface area contributed by atoms with E-state index < -0.39 is 0 Å². The molecule has 0 fully saturated rings. The van der Waals surface area contributed by atoms with Gasteiger partial charge >= 0.3 is 0 Å². The summed E-state index contributed by atoms with van der Waals surface area (Å²) in [6.07, 6.45) is 3.95. The van der Waals surface area contributed by atoms with E-state index in [-0.39, 0.29) is 10.8 Å². The summed E-state index contributed by atoms with van der Waals surface area (Å²) in [6.45, 7) is 12.5. The Bertz CT molecular complexity index is 1040. The number of aliphatic imine (C=N–C) groups is 2. The Morgan fingerprint density at radius 3 is 1.93 bits per heavy atom. The summed E-state index contributed by atoms with van der Waals surface area (Å²) in [6, 6.07) is 16.9. The predicted octanol–water partition coefficient (Wildman–Crippen LogP) is 6.19. The summed E-state index contributed by atoms with van der Waals surface area (Å²) >= 11 is 0. The van der Waals surface area contributed by atoms with Crippen molar-refractivity contribution in [2.75, 3.05) is 0 Å². The average Bonchev–Trinajstić information content (AvgIpc) is 2.69. The second-order valence-corrected chi connectivity index (χ2v) is 8.62. The zero-order valence-electron chi connectivity index (χ0n) is 17.5. The minimum absolute atomic E-state index is 0.222. The van der Waals surface area contributed by atoms with E-state index in [0.29, 0.717) is 5.56 Å². The van der Waals surface area contributed by atoms with Crippen molar-refractivity contribution in [1.29, 1.82) is 5.26 Å². The number of fused-ring (bicyclic) bond motifs is 5. The van der Waals surface area contributed by atoms with Crippen molar-refractivity contribution in [3.05, 3.63) is 70.5 Å². The Balaban J connectivity index is 2.34. The lowest BCUT2D eigenvalue weighted by Gasteiger charge is -2.24. The SMILES string of the molecule is CC1=C(C)N=CC(C)(C)c2cc(C#N)cc(c2)-c2cccc(c2)C(C)(C)C=N1. The monoisotopic (exact) mass is 369 g/mol. The summed E-state index contributed by atoms with van der Waals surface area (Å²) in [5.41, 5.74) is 6.33. The maximum atomic E-state index is 9.57. The summed E-state index contributed by atoms with van der Waals surface area (Å²) < 4.78 is 0. The molecule has 0 unspecified atom stereocenters. The van der Waals surface area contributed by atoms with Crippen molar-refractivity contribution in [2.24, 2.45) is 9.98 Å². The first kappa shape index (κ1) is 19.8. The van der Waals surface area contributed by atoms with Crippen molar-refractivity contribution in [3.63, 3.8) is 0 Å². The number of benzene rings is 2. The molecule has 3 nitrogen and oxygen atoms in total. The molecule has 0 spiro atoms. The highest BCUT2D eigenvalue weighted by molar-refractivity contribution is 5.78. The quantitative estimate of drug-likeness (QED) is 0.546. The number of hydrogen-bond donors (Lipinski definition) is 0. The van der Waals surface area contributed by atoms with Gasteiger partial charge in [0.05, 0.1) is 23.0 Å². The van der Waals surface area contributed by atoms with Gasteiger partial charge in [0.1, 0.15) is 0 Å². The number of nitriles is 1. The lowest BCUT2D eigenvalue weighted by molar-refractivity contribution is 0.730. The van der Waals surface area contributed by atoms with Crippen LogP contribution in [0.3, 0.4) is 0 Å². The Labute approximate surface area is 168 Å². The molecule has 0 aliphatic carbocycles. The summed E-state index contributed by atoms with van der Waals surface area (Å²) in [5.74, 6) is 0. The molecular weight excluding hydrogens is 342 g/mol. The van der Waals surface area contributed by atoms with E-state index in [9.17, 15) is 5.26 Å². The average molecular weight is 370 g/mol. The normalized spacial score (nSPS) is 17.8. The van der Waals surface area contributed by atoms with Crippen LogP contribution in [0.4, 0.5) is 0 Å². The van der Waals surface area contributed by atoms with E-state index in [1.54, 1.807) is 0 Å².